The summed E-state index contributed by atoms with van der Waals surface area (Å²) < 4.78 is 5.48. The van der Waals surface area contributed by atoms with Crippen LogP contribution < -0.4 is 0 Å². The van der Waals surface area contributed by atoms with Gasteiger partial charge in [0, 0.05) is 12.6 Å². The van der Waals surface area contributed by atoms with E-state index >= 15 is 0 Å². The van der Waals surface area contributed by atoms with Crippen molar-refractivity contribution in [3.8, 4) is 0 Å². The molecule has 2 fully saturated rings. The van der Waals surface area contributed by atoms with Crippen molar-refractivity contribution >= 4 is 7.85 Å². The summed E-state index contributed by atoms with van der Waals surface area (Å²) in [4.78, 5) is 2.50. The third kappa shape index (κ3) is 3.55. The van der Waals surface area contributed by atoms with Gasteiger partial charge in [-0.3, -0.25) is 4.90 Å². The van der Waals surface area contributed by atoms with E-state index < -0.39 is 0 Å². The van der Waals surface area contributed by atoms with Crippen LogP contribution in [0.4, 0.5) is 0 Å². The third-order valence-electron chi connectivity index (χ3n) is 5.27. The molecule has 0 spiro atoms. The zero-order valence-corrected chi connectivity index (χ0v) is 13.8. The van der Waals surface area contributed by atoms with Gasteiger partial charge in [-0.2, -0.15) is 0 Å². The van der Waals surface area contributed by atoms with E-state index in [-0.39, 0.29) is 10.9 Å². The average molecular weight is 265 g/mol. The van der Waals surface area contributed by atoms with E-state index in [1.165, 1.54) is 25.8 Å². The van der Waals surface area contributed by atoms with Crippen LogP contribution in [0.2, 0.25) is 5.31 Å². The predicted octanol–water partition coefficient (Wildman–Crippen LogP) is 3.52. The van der Waals surface area contributed by atoms with Crippen molar-refractivity contribution in [1.82, 2.24) is 4.90 Å². The molecule has 1 aliphatic carbocycles. The normalized spacial score (nSPS) is 43.1. The van der Waals surface area contributed by atoms with Gasteiger partial charge in [-0.25, -0.2) is 0 Å². The van der Waals surface area contributed by atoms with Gasteiger partial charge in [-0.05, 0) is 45.2 Å². The number of hydrogen-bond acceptors (Lipinski definition) is 2. The van der Waals surface area contributed by atoms with Crippen LogP contribution in [-0.4, -0.2) is 45.6 Å². The minimum absolute atomic E-state index is 0.0606. The van der Waals surface area contributed by atoms with Crippen LogP contribution in [0.1, 0.15) is 53.4 Å². The zero-order valence-electron chi connectivity index (χ0n) is 13.8. The van der Waals surface area contributed by atoms with E-state index in [2.05, 4.69) is 25.8 Å². The highest BCUT2D eigenvalue weighted by atomic mass is 16.5. The first-order valence-electron chi connectivity index (χ1n) is 7.88. The molecule has 0 aromatic carbocycles. The van der Waals surface area contributed by atoms with E-state index in [0.717, 1.165) is 24.9 Å². The molecule has 19 heavy (non-hydrogen) atoms. The fourth-order valence-electron chi connectivity index (χ4n) is 4.09. The Bertz CT molecular complexity index is 282. The van der Waals surface area contributed by atoms with Crippen molar-refractivity contribution in [3.05, 3.63) is 0 Å². The minimum Gasteiger partial charge on any atom is -0.383 e. The summed E-state index contributed by atoms with van der Waals surface area (Å²) in [6.07, 6.45) is 4.89. The van der Waals surface area contributed by atoms with Crippen LogP contribution >= 0.6 is 0 Å². The molecular formula is C16H32BNO. The third-order valence-corrected chi connectivity index (χ3v) is 5.27. The van der Waals surface area contributed by atoms with E-state index in [9.17, 15) is 0 Å². The minimum atomic E-state index is 0.0606. The second-order valence-electron chi connectivity index (χ2n) is 6.76. The second kappa shape index (κ2) is 6.63. The van der Waals surface area contributed by atoms with Crippen molar-refractivity contribution < 1.29 is 4.74 Å². The van der Waals surface area contributed by atoms with Crippen LogP contribution in [0.5, 0.6) is 0 Å². The van der Waals surface area contributed by atoms with Crippen LogP contribution in [0.15, 0.2) is 0 Å². The summed E-state index contributed by atoms with van der Waals surface area (Å²) in [7, 11) is 10.4. The first-order chi connectivity index (χ1) is 8.89. The van der Waals surface area contributed by atoms with Gasteiger partial charge in [0.15, 0.2) is 0 Å². The maximum absolute atomic E-state index is 6.34. The fourth-order valence-corrected chi connectivity index (χ4v) is 4.09. The maximum Gasteiger partial charge on any atom is 0.0742 e. The summed E-state index contributed by atoms with van der Waals surface area (Å²) in [5.41, 5.74) is 0.203. The molecule has 0 amide bonds. The van der Waals surface area contributed by atoms with Crippen molar-refractivity contribution in [2.24, 2.45) is 11.8 Å². The maximum atomic E-state index is 6.34. The first-order valence-corrected chi connectivity index (χ1v) is 7.88. The lowest BCUT2D eigenvalue weighted by atomic mass is 9.52. The van der Waals surface area contributed by atoms with E-state index in [4.69, 9.17) is 12.6 Å². The lowest BCUT2D eigenvalue weighted by Crippen LogP contribution is -2.60. The van der Waals surface area contributed by atoms with Crippen molar-refractivity contribution in [3.63, 3.8) is 0 Å². The van der Waals surface area contributed by atoms with Gasteiger partial charge in [0.1, 0.15) is 0 Å². The number of fused-ring (bicyclic) bond motifs is 1. The molecule has 1 saturated heterocycles. The number of likely N-dealkylation sites (tertiary alicyclic amines) is 1. The zero-order chi connectivity index (χ0) is 14.7. The van der Waals surface area contributed by atoms with Gasteiger partial charge >= 0.3 is 0 Å². The predicted molar refractivity (Wildman–Crippen MR) is 83.8 cm³/mol. The largest absolute Gasteiger partial charge is 0.383 e. The lowest BCUT2D eigenvalue weighted by Gasteiger charge is -2.56. The number of piperidine rings is 1. The highest BCUT2D eigenvalue weighted by Gasteiger charge is 2.48. The topological polar surface area (TPSA) is 12.5 Å². The van der Waals surface area contributed by atoms with Gasteiger partial charge in [0.25, 0.3) is 0 Å². The summed E-state index contributed by atoms with van der Waals surface area (Å²) in [6.45, 7) is 10.6. The van der Waals surface area contributed by atoms with E-state index in [0.29, 0.717) is 0 Å². The van der Waals surface area contributed by atoms with Gasteiger partial charge in [-0.15, -0.1) is 0 Å². The Balaban J connectivity index is 0.000000861. The Labute approximate surface area is 121 Å². The fraction of sp³-hybridized carbons (Fsp3) is 1.00. The standard InChI is InChI=1S/C14H26BNO.C2H6/c1-13(15)7-5-12-11(9-13)6-8-16(3)14(12,2)10-17-4;1-2/h11-12H,5-10H2,1-4H3;1-2H3. The quantitative estimate of drug-likeness (QED) is 0.708. The lowest BCUT2D eigenvalue weighted by molar-refractivity contribution is -0.0748. The molecular weight excluding hydrogens is 233 g/mol. The Hall–Kier alpha value is -0.0151. The second-order valence-corrected chi connectivity index (χ2v) is 6.76. The highest BCUT2D eigenvalue weighted by molar-refractivity contribution is 6.14. The van der Waals surface area contributed by atoms with Crippen molar-refractivity contribution in [1.29, 1.82) is 0 Å². The molecule has 2 radical (unpaired) electrons. The SMILES string of the molecule is CC.[B]C1(C)CCC2C(CCN(C)C2(C)COC)C1. The molecule has 1 saturated carbocycles. The summed E-state index contributed by atoms with van der Waals surface area (Å²) in [5, 5.41) is 0.0606. The van der Waals surface area contributed by atoms with Crippen molar-refractivity contribution in [2.75, 3.05) is 27.3 Å². The monoisotopic (exact) mass is 265 g/mol. The van der Waals surface area contributed by atoms with Crippen LogP contribution in [0.25, 0.3) is 0 Å². The highest BCUT2D eigenvalue weighted by Crippen LogP contribution is 2.52. The molecule has 1 heterocycles. The molecule has 0 aromatic heterocycles. The number of nitrogens with zero attached hydrogens (tertiary/aromatic N) is 1. The van der Waals surface area contributed by atoms with Gasteiger partial charge in [-0.1, -0.05) is 38.9 Å². The number of methoxy groups -OCH3 is 1. The molecule has 3 heteroatoms. The molecule has 4 unspecified atom stereocenters. The molecule has 0 N–H and O–H groups in total. The number of rotatable bonds is 2. The molecule has 2 aliphatic rings. The van der Waals surface area contributed by atoms with Gasteiger partial charge in [0.05, 0.1) is 14.5 Å². The van der Waals surface area contributed by atoms with Crippen molar-refractivity contribution in [2.45, 2.75) is 64.2 Å². The Morgan fingerprint density at radius 2 is 1.89 bits per heavy atom. The Morgan fingerprint density at radius 3 is 2.47 bits per heavy atom. The number of hydrogen-bond donors (Lipinski definition) is 0. The molecule has 110 valence electrons. The Morgan fingerprint density at radius 1 is 1.26 bits per heavy atom. The van der Waals surface area contributed by atoms with Crippen LogP contribution in [-0.2, 0) is 4.74 Å². The molecule has 4 atom stereocenters. The summed E-state index contributed by atoms with van der Waals surface area (Å²) >= 11 is 0. The molecule has 0 aromatic rings. The van der Waals surface area contributed by atoms with E-state index in [1.807, 2.05) is 21.0 Å². The smallest absolute Gasteiger partial charge is 0.0742 e. The summed E-state index contributed by atoms with van der Waals surface area (Å²) in [6, 6.07) is 0. The molecule has 2 rings (SSSR count). The number of likely N-dealkylation sites (N-methyl/N-ethyl adjacent to an activating group) is 1. The number of ether oxygens (including phenoxy) is 1. The van der Waals surface area contributed by atoms with Gasteiger partial charge in [0.2, 0.25) is 0 Å². The van der Waals surface area contributed by atoms with Crippen LogP contribution in [0.3, 0.4) is 0 Å². The molecule has 2 nitrogen and oxygen atoms in total. The van der Waals surface area contributed by atoms with Gasteiger partial charge < -0.3 is 4.74 Å². The van der Waals surface area contributed by atoms with Crippen LogP contribution in [0, 0.1) is 11.8 Å². The average Bonchev–Trinajstić information content (AvgIpc) is 2.36. The first kappa shape index (κ1) is 17.0. The van der Waals surface area contributed by atoms with E-state index in [1.54, 1.807) is 0 Å². The molecule has 0 bridgehead atoms. The summed E-state index contributed by atoms with van der Waals surface area (Å²) in [5.74, 6) is 1.54. The molecule has 1 aliphatic heterocycles. The Kier molecular flexibility index (Phi) is 5.94.